The molecule has 0 saturated heterocycles. The van der Waals surface area contributed by atoms with Crippen molar-refractivity contribution in [3.8, 4) is 34.3 Å². The number of rotatable bonds is 8. The SMILES string of the molecule is CCCCOc1ccc(-c2nn(-c3ccccc3)cc2/C=c2\sc3nc(-c4oc5ccccc5c4C)nn3c2=O)cc1. The highest BCUT2D eigenvalue weighted by atomic mass is 32.1. The van der Waals surface area contributed by atoms with Crippen LogP contribution in [0.25, 0.3) is 50.5 Å². The lowest BCUT2D eigenvalue weighted by atomic mass is 10.1. The monoisotopic (exact) mass is 573 g/mol. The van der Waals surface area contributed by atoms with E-state index in [-0.39, 0.29) is 5.56 Å². The molecule has 0 aliphatic rings. The van der Waals surface area contributed by atoms with Crippen LogP contribution in [0.5, 0.6) is 5.75 Å². The van der Waals surface area contributed by atoms with Crippen LogP contribution in [0.3, 0.4) is 0 Å². The quantitative estimate of drug-likeness (QED) is 0.194. The number of aryl methyl sites for hydroxylation is 1. The Morgan fingerprint density at radius 2 is 1.76 bits per heavy atom. The van der Waals surface area contributed by atoms with E-state index in [1.807, 2.05) is 103 Å². The van der Waals surface area contributed by atoms with E-state index in [9.17, 15) is 4.79 Å². The minimum Gasteiger partial charge on any atom is -0.494 e. The van der Waals surface area contributed by atoms with E-state index in [4.69, 9.17) is 14.3 Å². The van der Waals surface area contributed by atoms with Crippen LogP contribution in [0.15, 0.2) is 94.3 Å². The summed E-state index contributed by atoms with van der Waals surface area (Å²) in [7, 11) is 0. The molecule has 4 heterocycles. The van der Waals surface area contributed by atoms with Crippen molar-refractivity contribution in [2.75, 3.05) is 6.61 Å². The first-order chi connectivity index (χ1) is 20.6. The molecule has 0 unspecified atom stereocenters. The Morgan fingerprint density at radius 3 is 2.52 bits per heavy atom. The van der Waals surface area contributed by atoms with Crippen LogP contribution in [-0.4, -0.2) is 31.0 Å². The number of nitrogens with zero attached hydrogens (tertiary/aromatic N) is 5. The smallest absolute Gasteiger partial charge is 0.291 e. The number of thiazole rings is 1. The average molecular weight is 574 g/mol. The Hall–Kier alpha value is -5.02. The molecule has 0 spiro atoms. The lowest BCUT2D eigenvalue weighted by Gasteiger charge is -2.06. The van der Waals surface area contributed by atoms with Crippen LogP contribution >= 0.6 is 11.3 Å². The summed E-state index contributed by atoms with van der Waals surface area (Å²) in [4.78, 5) is 18.7. The summed E-state index contributed by atoms with van der Waals surface area (Å²) in [5, 5.41) is 10.4. The van der Waals surface area contributed by atoms with Crippen molar-refractivity contribution in [2.45, 2.75) is 26.7 Å². The highest BCUT2D eigenvalue weighted by Crippen LogP contribution is 2.31. The first-order valence-electron chi connectivity index (χ1n) is 13.9. The Balaban J connectivity index is 1.29. The van der Waals surface area contributed by atoms with Crippen molar-refractivity contribution < 1.29 is 9.15 Å². The van der Waals surface area contributed by atoms with Crippen molar-refractivity contribution in [1.82, 2.24) is 24.4 Å². The van der Waals surface area contributed by atoms with Gasteiger partial charge in [-0.1, -0.05) is 61.1 Å². The molecule has 0 amide bonds. The highest BCUT2D eigenvalue weighted by Gasteiger charge is 2.19. The van der Waals surface area contributed by atoms with E-state index in [2.05, 4.69) is 17.0 Å². The second kappa shape index (κ2) is 10.8. The van der Waals surface area contributed by atoms with Gasteiger partial charge in [-0.15, -0.1) is 5.10 Å². The molecule has 0 saturated carbocycles. The highest BCUT2D eigenvalue weighted by molar-refractivity contribution is 7.15. The zero-order chi connectivity index (χ0) is 28.6. The van der Waals surface area contributed by atoms with E-state index >= 15 is 0 Å². The molecule has 4 aromatic heterocycles. The van der Waals surface area contributed by atoms with Gasteiger partial charge in [0.1, 0.15) is 17.0 Å². The zero-order valence-corrected chi connectivity index (χ0v) is 24.0. The summed E-state index contributed by atoms with van der Waals surface area (Å²) in [6, 6.07) is 25.6. The molecule has 0 aliphatic heterocycles. The molecule has 3 aromatic carbocycles. The molecule has 0 fully saturated rings. The molecule has 0 aliphatic carbocycles. The van der Waals surface area contributed by atoms with Gasteiger partial charge in [-0.05, 0) is 61.9 Å². The maximum absolute atomic E-state index is 13.5. The van der Waals surface area contributed by atoms with Gasteiger partial charge in [0.2, 0.25) is 10.8 Å². The molecule has 9 heteroatoms. The standard InChI is InChI=1S/C33H27N5O3S/c1-3-4-18-40-25-16-14-22(15-17-25)29-23(20-37(35-29)24-10-6-5-7-11-24)19-28-32(39)38-33(42-28)34-31(36-38)30-21(2)26-12-8-9-13-27(26)41-30/h5-17,19-20H,3-4,18H2,1-2H3/b28-19-. The van der Waals surface area contributed by atoms with Crippen LogP contribution < -0.4 is 14.8 Å². The Morgan fingerprint density at radius 1 is 0.976 bits per heavy atom. The van der Waals surface area contributed by atoms with Gasteiger partial charge >= 0.3 is 0 Å². The van der Waals surface area contributed by atoms with Crippen LogP contribution in [0.4, 0.5) is 0 Å². The van der Waals surface area contributed by atoms with E-state index in [0.29, 0.717) is 27.7 Å². The minimum absolute atomic E-state index is 0.236. The summed E-state index contributed by atoms with van der Waals surface area (Å²) < 4.78 is 15.6. The molecule has 8 nitrogen and oxygen atoms in total. The van der Waals surface area contributed by atoms with Crippen molar-refractivity contribution in [2.24, 2.45) is 0 Å². The zero-order valence-electron chi connectivity index (χ0n) is 23.2. The van der Waals surface area contributed by atoms with Gasteiger partial charge < -0.3 is 9.15 Å². The summed E-state index contributed by atoms with van der Waals surface area (Å²) >= 11 is 1.29. The maximum atomic E-state index is 13.5. The number of benzene rings is 3. The molecule has 42 heavy (non-hydrogen) atoms. The number of fused-ring (bicyclic) bond motifs is 2. The largest absolute Gasteiger partial charge is 0.494 e. The predicted molar refractivity (Wildman–Crippen MR) is 165 cm³/mol. The Kier molecular flexibility index (Phi) is 6.64. The topological polar surface area (TPSA) is 87.4 Å². The normalized spacial score (nSPS) is 12.1. The molecular formula is C33H27N5O3S. The van der Waals surface area contributed by atoms with Crippen molar-refractivity contribution in [3.63, 3.8) is 0 Å². The number of unbranched alkanes of at least 4 members (excludes halogenated alkanes) is 1. The van der Waals surface area contributed by atoms with Crippen LogP contribution in [0.1, 0.15) is 30.9 Å². The molecule has 0 radical (unpaired) electrons. The number of para-hydroxylation sites is 2. The summed E-state index contributed by atoms with van der Waals surface area (Å²) in [6.07, 6.45) is 5.90. The van der Waals surface area contributed by atoms with Crippen LogP contribution in [0.2, 0.25) is 0 Å². The van der Waals surface area contributed by atoms with Gasteiger partial charge in [-0.25, -0.2) is 4.68 Å². The van der Waals surface area contributed by atoms with Gasteiger partial charge in [0.25, 0.3) is 5.56 Å². The third-order valence-electron chi connectivity index (χ3n) is 7.17. The Labute approximate surface area is 245 Å². The van der Waals surface area contributed by atoms with Crippen LogP contribution in [-0.2, 0) is 0 Å². The van der Waals surface area contributed by atoms with Crippen molar-refractivity contribution >= 4 is 33.3 Å². The van der Waals surface area contributed by atoms with Crippen molar-refractivity contribution in [3.05, 3.63) is 111 Å². The number of hydrogen-bond donors (Lipinski definition) is 0. The molecule has 0 bridgehead atoms. The average Bonchev–Trinajstić information content (AvgIpc) is 3.78. The van der Waals surface area contributed by atoms with E-state index in [1.165, 1.54) is 15.9 Å². The number of hydrogen-bond acceptors (Lipinski definition) is 7. The summed E-state index contributed by atoms with van der Waals surface area (Å²) in [5.74, 6) is 1.80. The van der Waals surface area contributed by atoms with Gasteiger partial charge in [-0.3, -0.25) is 4.79 Å². The second-order valence-electron chi connectivity index (χ2n) is 10.0. The lowest BCUT2D eigenvalue weighted by molar-refractivity contribution is 0.309. The van der Waals surface area contributed by atoms with Gasteiger partial charge in [0, 0.05) is 28.3 Å². The first-order valence-corrected chi connectivity index (χ1v) is 14.7. The molecule has 0 N–H and O–H groups in total. The van der Waals surface area contributed by atoms with Gasteiger partial charge in [0.15, 0.2) is 5.76 Å². The fourth-order valence-corrected chi connectivity index (χ4v) is 5.83. The summed E-state index contributed by atoms with van der Waals surface area (Å²) in [5.41, 5.74) is 4.90. The van der Waals surface area contributed by atoms with E-state index < -0.39 is 0 Å². The third-order valence-corrected chi connectivity index (χ3v) is 8.13. The number of aromatic nitrogens is 5. The summed E-state index contributed by atoms with van der Waals surface area (Å²) in [6.45, 7) is 4.81. The van der Waals surface area contributed by atoms with E-state index in [0.717, 1.165) is 57.6 Å². The lowest BCUT2D eigenvalue weighted by Crippen LogP contribution is -2.23. The molecule has 208 valence electrons. The van der Waals surface area contributed by atoms with Gasteiger partial charge in [0.05, 0.1) is 16.8 Å². The molecule has 7 rings (SSSR count). The first kappa shape index (κ1) is 25.9. The van der Waals surface area contributed by atoms with Gasteiger partial charge in [-0.2, -0.15) is 14.6 Å². The fourth-order valence-electron chi connectivity index (χ4n) is 4.93. The maximum Gasteiger partial charge on any atom is 0.291 e. The fraction of sp³-hybridized carbons (Fsp3) is 0.152. The van der Waals surface area contributed by atoms with Crippen molar-refractivity contribution in [1.29, 1.82) is 0 Å². The molecule has 7 aromatic rings. The second-order valence-corrected chi connectivity index (χ2v) is 11.0. The number of furan rings is 1. The minimum atomic E-state index is -0.236. The molecule has 0 atom stereocenters. The number of ether oxygens (including phenoxy) is 1. The Bertz CT molecular complexity index is 2140. The third kappa shape index (κ3) is 4.67. The predicted octanol–water partition coefficient (Wildman–Crippen LogP) is 6.45. The van der Waals surface area contributed by atoms with Crippen LogP contribution in [0, 0.1) is 6.92 Å². The molecular weight excluding hydrogens is 546 g/mol. The van der Waals surface area contributed by atoms with E-state index in [1.54, 1.807) is 0 Å².